The van der Waals surface area contributed by atoms with Crippen molar-refractivity contribution in [3.05, 3.63) is 22.7 Å². The normalized spacial score (nSPS) is 10.2. The van der Waals surface area contributed by atoms with Crippen molar-refractivity contribution in [2.24, 2.45) is 0 Å². The quantitative estimate of drug-likeness (QED) is 0.635. The molecule has 0 aliphatic rings. The van der Waals surface area contributed by atoms with E-state index < -0.39 is 0 Å². The maximum Gasteiger partial charge on any atom is 0.180 e. The van der Waals surface area contributed by atoms with Crippen LogP contribution in [0.3, 0.4) is 0 Å². The van der Waals surface area contributed by atoms with E-state index in [4.69, 9.17) is 27.5 Å². The van der Waals surface area contributed by atoms with Gasteiger partial charge in [0.1, 0.15) is 0 Å². The van der Waals surface area contributed by atoms with Gasteiger partial charge in [-0.2, -0.15) is 0 Å². The molecule has 1 rings (SSSR count). The van der Waals surface area contributed by atoms with E-state index in [-0.39, 0.29) is 6.10 Å². The highest BCUT2D eigenvalue weighted by Crippen LogP contribution is 2.37. The highest BCUT2D eigenvalue weighted by molar-refractivity contribution is 6.32. The SMILES string of the molecule is C#CCNCc1cc(Cl)c(OC(C)C)c(OC)c1. The molecule has 0 heterocycles. The molecule has 1 aromatic rings. The second kappa shape index (κ2) is 7.15. The fourth-order valence-electron chi connectivity index (χ4n) is 1.50. The van der Waals surface area contributed by atoms with Crippen LogP contribution in [0.1, 0.15) is 19.4 Å². The van der Waals surface area contributed by atoms with Crippen molar-refractivity contribution in [2.45, 2.75) is 26.5 Å². The van der Waals surface area contributed by atoms with E-state index in [1.165, 1.54) is 0 Å². The molecular formula is C14H18ClNO2. The first kappa shape index (κ1) is 14.7. The van der Waals surface area contributed by atoms with Gasteiger partial charge in [0.25, 0.3) is 0 Å². The third-order valence-corrected chi connectivity index (χ3v) is 2.48. The number of halogens is 1. The number of methoxy groups -OCH3 is 1. The summed E-state index contributed by atoms with van der Waals surface area (Å²) < 4.78 is 10.9. The Hall–Kier alpha value is -1.37. The van der Waals surface area contributed by atoms with Gasteiger partial charge >= 0.3 is 0 Å². The average Bonchev–Trinajstić information content (AvgIpc) is 2.32. The summed E-state index contributed by atoms with van der Waals surface area (Å²) in [5, 5.41) is 3.64. The molecule has 0 saturated heterocycles. The summed E-state index contributed by atoms with van der Waals surface area (Å²) in [7, 11) is 1.59. The molecule has 0 aliphatic heterocycles. The van der Waals surface area contributed by atoms with Crippen LogP contribution in [0.5, 0.6) is 11.5 Å². The first-order valence-corrected chi connectivity index (χ1v) is 6.13. The summed E-state index contributed by atoms with van der Waals surface area (Å²) in [6, 6.07) is 3.75. The van der Waals surface area contributed by atoms with Crippen molar-refractivity contribution >= 4 is 11.6 Å². The molecule has 0 atom stereocenters. The van der Waals surface area contributed by atoms with Crippen LogP contribution in [0.2, 0.25) is 5.02 Å². The minimum absolute atomic E-state index is 0.0433. The molecule has 0 spiro atoms. The van der Waals surface area contributed by atoms with Crippen LogP contribution < -0.4 is 14.8 Å². The lowest BCUT2D eigenvalue weighted by Crippen LogP contribution is -2.13. The van der Waals surface area contributed by atoms with Gasteiger partial charge in [0.15, 0.2) is 11.5 Å². The molecule has 0 saturated carbocycles. The predicted octanol–water partition coefficient (Wildman–Crippen LogP) is 2.86. The minimum Gasteiger partial charge on any atom is -0.493 e. The summed E-state index contributed by atoms with van der Waals surface area (Å²) in [4.78, 5) is 0. The van der Waals surface area contributed by atoms with Gasteiger partial charge in [-0.3, -0.25) is 0 Å². The number of ether oxygens (including phenoxy) is 2. The van der Waals surface area contributed by atoms with E-state index in [9.17, 15) is 0 Å². The maximum atomic E-state index is 6.20. The molecule has 3 nitrogen and oxygen atoms in total. The summed E-state index contributed by atoms with van der Waals surface area (Å²) in [5.41, 5.74) is 1.00. The molecule has 1 aromatic carbocycles. The Morgan fingerprint density at radius 1 is 1.44 bits per heavy atom. The minimum atomic E-state index is 0.0433. The number of terminal acetylenes is 1. The number of nitrogens with one attached hydrogen (secondary N) is 1. The van der Waals surface area contributed by atoms with Gasteiger partial charge in [-0.25, -0.2) is 0 Å². The summed E-state index contributed by atoms with van der Waals surface area (Å²) in [5.74, 6) is 3.73. The first-order chi connectivity index (χ1) is 8.58. The van der Waals surface area contributed by atoms with Crippen molar-refractivity contribution in [3.8, 4) is 23.8 Å². The summed E-state index contributed by atoms with van der Waals surface area (Å²) in [6.45, 7) is 5.04. The molecule has 98 valence electrons. The van der Waals surface area contributed by atoms with Gasteiger partial charge in [0, 0.05) is 6.54 Å². The monoisotopic (exact) mass is 267 g/mol. The molecule has 18 heavy (non-hydrogen) atoms. The maximum absolute atomic E-state index is 6.20. The molecule has 0 unspecified atom stereocenters. The zero-order chi connectivity index (χ0) is 13.5. The summed E-state index contributed by atoms with van der Waals surface area (Å²) in [6.07, 6.45) is 5.22. The van der Waals surface area contributed by atoms with Crippen molar-refractivity contribution in [1.29, 1.82) is 0 Å². The standard InChI is InChI=1S/C14H18ClNO2/c1-5-6-16-9-11-7-12(15)14(18-10(2)3)13(8-11)17-4/h1,7-8,10,16H,6,9H2,2-4H3. The van der Waals surface area contributed by atoms with Gasteiger partial charge in [-0.15, -0.1) is 6.42 Å². The summed E-state index contributed by atoms with van der Waals surface area (Å²) >= 11 is 6.20. The Labute approximate surface area is 113 Å². The van der Waals surface area contributed by atoms with Gasteiger partial charge in [0.05, 0.1) is 24.8 Å². The Kier molecular flexibility index (Phi) is 5.84. The van der Waals surface area contributed by atoms with Crippen molar-refractivity contribution < 1.29 is 9.47 Å². The highest BCUT2D eigenvalue weighted by Gasteiger charge is 2.13. The van der Waals surface area contributed by atoms with Crippen molar-refractivity contribution in [1.82, 2.24) is 5.32 Å². The van der Waals surface area contributed by atoms with Crippen molar-refractivity contribution in [3.63, 3.8) is 0 Å². The number of hydrogen-bond donors (Lipinski definition) is 1. The molecule has 0 amide bonds. The Morgan fingerprint density at radius 3 is 2.72 bits per heavy atom. The van der Waals surface area contributed by atoms with Gasteiger partial charge in [-0.1, -0.05) is 17.5 Å². The predicted molar refractivity (Wildman–Crippen MR) is 74.3 cm³/mol. The molecule has 0 fully saturated rings. The molecule has 1 N–H and O–H groups in total. The lowest BCUT2D eigenvalue weighted by atomic mass is 10.2. The van der Waals surface area contributed by atoms with Gasteiger partial charge in [-0.05, 0) is 31.5 Å². The van der Waals surface area contributed by atoms with Crippen LogP contribution in [-0.2, 0) is 6.54 Å². The molecule has 4 heteroatoms. The Morgan fingerprint density at radius 2 is 2.17 bits per heavy atom. The Balaban J connectivity index is 2.92. The highest BCUT2D eigenvalue weighted by atomic mass is 35.5. The third kappa shape index (κ3) is 4.14. The van der Waals surface area contributed by atoms with E-state index in [0.717, 1.165) is 5.56 Å². The lowest BCUT2D eigenvalue weighted by Gasteiger charge is -2.16. The first-order valence-electron chi connectivity index (χ1n) is 5.75. The zero-order valence-electron chi connectivity index (χ0n) is 10.9. The number of benzene rings is 1. The molecule has 0 bridgehead atoms. The van der Waals surface area contributed by atoms with E-state index in [2.05, 4.69) is 11.2 Å². The lowest BCUT2D eigenvalue weighted by molar-refractivity contribution is 0.230. The second-order valence-corrected chi connectivity index (χ2v) is 4.49. The van der Waals surface area contributed by atoms with E-state index >= 15 is 0 Å². The smallest absolute Gasteiger partial charge is 0.180 e. The van der Waals surface area contributed by atoms with Crippen LogP contribution in [0, 0.1) is 12.3 Å². The van der Waals surface area contributed by atoms with E-state index in [1.807, 2.05) is 26.0 Å². The molecular weight excluding hydrogens is 250 g/mol. The largest absolute Gasteiger partial charge is 0.493 e. The second-order valence-electron chi connectivity index (χ2n) is 4.08. The van der Waals surface area contributed by atoms with Crippen LogP contribution in [0.15, 0.2) is 12.1 Å². The zero-order valence-corrected chi connectivity index (χ0v) is 11.7. The average molecular weight is 268 g/mol. The van der Waals surface area contributed by atoms with E-state index in [1.54, 1.807) is 7.11 Å². The van der Waals surface area contributed by atoms with Crippen LogP contribution in [0.25, 0.3) is 0 Å². The van der Waals surface area contributed by atoms with Crippen molar-refractivity contribution in [2.75, 3.05) is 13.7 Å². The van der Waals surface area contributed by atoms with Crippen LogP contribution in [-0.4, -0.2) is 19.8 Å². The van der Waals surface area contributed by atoms with Gasteiger partial charge < -0.3 is 14.8 Å². The van der Waals surface area contributed by atoms with Crippen LogP contribution in [0.4, 0.5) is 0 Å². The number of rotatable bonds is 6. The molecule has 0 aliphatic carbocycles. The number of hydrogen-bond acceptors (Lipinski definition) is 3. The fraction of sp³-hybridized carbons (Fsp3) is 0.429. The third-order valence-electron chi connectivity index (χ3n) is 2.20. The topological polar surface area (TPSA) is 30.5 Å². The van der Waals surface area contributed by atoms with Crippen LogP contribution >= 0.6 is 11.6 Å². The van der Waals surface area contributed by atoms with E-state index in [0.29, 0.717) is 29.6 Å². The van der Waals surface area contributed by atoms with Gasteiger partial charge in [0.2, 0.25) is 0 Å². The Bertz CT molecular complexity index is 438. The molecule has 0 aromatic heterocycles. The fourth-order valence-corrected chi connectivity index (χ4v) is 1.78. The molecule has 0 radical (unpaired) electrons.